The third kappa shape index (κ3) is 3.76. The highest BCUT2D eigenvalue weighted by Gasteiger charge is 2.42. The highest BCUT2D eigenvalue weighted by Crippen LogP contribution is 2.37. The molecule has 0 spiro atoms. The Kier molecular flexibility index (Phi) is 4.59. The minimum atomic E-state index is -4.83. The monoisotopic (exact) mass is 339 g/mol. The van der Waals surface area contributed by atoms with Crippen molar-refractivity contribution in [2.24, 2.45) is 10.9 Å². The van der Waals surface area contributed by atoms with E-state index in [0.29, 0.717) is 19.0 Å². The number of allylic oxidation sites excluding steroid dienone is 2. The largest absolute Gasteiger partial charge is 0.432 e. The molecule has 1 aliphatic heterocycles. The van der Waals surface area contributed by atoms with Gasteiger partial charge in [-0.2, -0.15) is 31.4 Å². The SMILES string of the molecule is CN=C(/C=C(/c1cc2n(n1)CCC2)C(C)C(F)(F)F)C(F)(F)F. The Morgan fingerprint density at radius 2 is 1.96 bits per heavy atom. The van der Waals surface area contributed by atoms with Crippen molar-refractivity contribution in [1.82, 2.24) is 9.78 Å². The van der Waals surface area contributed by atoms with E-state index in [9.17, 15) is 26.3 Å². The van der Waals surface area contributed by atoms with Gasteiger partial charge >= 0.3 is 12.4 Å². The Morgan fingerprint density at radius 1 is 1.30 bits per heavy atom. The van der Waals surface area contributed by atoms with E-state index in [1.807, 2.05) is 0 Å². The fourth-order valence-electron chi connectivity index (χ4n) is 2.42. The zero-order chi connectivity index (χ0) is 17.4. The third-order valence-electron chi connectivity index (χ3n) is 3.74. The maximum Gasteiger partial charge on any atom is 0.432 e. The molecule has 0 radical (unpaired) electrons. The van der Waals surface area contributed by atoms with Crippen LogP contribution in [-0.4, -0.2) is 34.9 Å². The predicted octanol–water partition coefficient (Wildman–Crippen LogP) is 4.04. The number of alkyl halides is 6. The summed E-state index contributed by atoms with van der Waals surface area (Å²) in [6.07, 6.45) is -7.59. The maximum absolute atomic E-state index is 13.0. The molecular weight excluding hydrogens is 324 g/mol. The molecule has 1 atom stereocenters. The summed E-state index contributed by atoms with van der Waals surface area (Å²) in [5, 5.41) is 4.02. The summed E-state index contributed by atoms with van der Waals surface area (Å²) in [6.45, 7) is 1.37. The second-order valence-corrected chi connectivity index (χ2v) is 5.32. The van der Waals surface area contributed by atoms with Crippen LogP contribution in [0.4, 0.5) is 26.3 Å². The molecule has 0 fully saturated rings. The molecule has 0 N–H and O–H groups in total. The van der Waals surface area contributed by atoms with Crippen molar-refractivity contribution < 1.29 is 26.3 Å². The molecule has 2 heterocycles. The minimum Gasteiger partial charge on any atom is -0.284 e. The summed E-state index contributed by atoms with van der Waals surface area (Å²) in [7, 11) is 0.891. The van der Waals surface area contributed by atoms with Crippen molar-refractivity contribution in [3.8, 4) is 0 Å². The van der Waals surface area contributed by atoms with E-state index in [-0.39, 0.29) is 5.69 Å². The molecule has 2 rings (SSSR count). The van der Waals surface area contributed by atoms with Crippen molar-refractivity contribution in [3.05, 3.63) is 23.5 Å². The molecule has 0 bridgehead atoms. The van der Waals surface area contributed by atoms with Crippen LogP contribution in [0.25, 0.3) is 5.57 Å². The normalized spacial score (nSPS) is 18.3. The quantitative estimate of drug-likeness (QED) is 0.604. The zero-order valence-electron chi connectivity index (χ0n) is 12.5. The van der Waals surface area contributed by atoms with Gasteiger partial charge in [0.25, 0.3) is 0 Å². The molecule has 0 saturated carbocycles. The van der Waals surface area contributed by atoms with Crippen LogP contribution in [0.1, 0.15) is 24.7 Å². The van der Waals surface area contributed by atoms with Crippen LogP contribution in [0.5, 0.6) is 0 Å². The van der Waals surface area contributed by atoms with Crippen molar-refractivity contribution >= 4 is 11.3 Å². The predicted molar refractivity (Wildman–Crippen MR) is 73.2 cm³/mol. The number of aliphatic imine (C=N–C) groups is 1. The number of aryl methyl sites for hydroxylation is 2. The van der Waals surface area contributed by atoms with Gasteiger partial charge in [0.05, 0.1) is 11.6 Å². The Morgan fingerprint density at radius 3 is 2.43 bits per heavy atom. The van der Waals surface area contributed by atoms with Gasteiger partial charge < -0.3 is 0 Å². The van der Waals surface area contributed by atoms with Crippen LogP contribution in [-0.2, 0) is 13.0 Å². The second kappa shape index (κ2) is 6.01. The average Bonchev–Trinajstić information content (AvgIpc) is 2.97. The van der Waals surface area contributed by atoms with Crippen LogP contribution in [0, 0.1) is 5.92 Å². The van der Waals surface area contributed by atoms with Crippen molar-refractivity contribution in [1.29, 1.82) is 0 Å². The van der Waals surface area contributed by atoms with Gasteiger partial charge in [-0.15, -0.1) is 0 Å². The van der Waals surface area contributed by atoms with Crippen LogP contribution in [0.3, 0.4) is 0 Å². The highest BCUT2D eigenvalue weighted by atomic mass is 19.4. The van der Waals surface area contributed by atoms with Gasteiger partial charge in [0.2, 0.25) is 0 Å². The van der Waals surface area contributed by atoms with Gasteiger partial charge in [0, 0.05) is 19.3 Å². The fourth-order valence-corrected chi connectivity index (χ4v) is 2.42. The van der Waals surface area contributed by atoms with E-state index in [1.165, 1.54) is 10.7 Å². The summed E-state index contributed by atoms with van der Waals surface area (Å²) >= 11 is 0. The van der Waals surface area contributed by atoms with Gasteiger partial charge in [-0.05, 0) is 37.5 Å². The summed E-state index contributed by atoms with van der Waals surface area (Å²) in [6, 6.07) is 1.42. The molecule has 1 unspecified atom stereocenters. The van der Waals surface area contributed by atoms with Gasteiger partial charge in [-0.25, -0.2) is 0 Å². The van der Waals surface area contributed by atoms with Crippen LogP contribution >= 0.6 is 0 Å². The fraction of sp³-hybridized carbons (Fsp3) is 0.571. The third-order valence-corrected chi connectivity index (χ3v) is 3.74. The lowest BCUT2D eigenvalue weighted by atomic mass is 9.95. The number of hydrogen-bond acceptors (Lipinski definition) is 2. The topological polar surface area (TPSA) is 30.2 Å². The van der Waals surface area contributed by atoms with Crippen LogP contribution in [0.2, 0.25) is 0 Å². The lowest BCUT2D eigenvalue weighted by Crippen LogP contribution is -2.25. The molecule has 0 amide bonds. The first kappa shape index (κ1) is 17.6. The van der Waals surface area contributed by atoms with Crippen molar-refractivity contribution in [2.45, 2.75) is 38.7 Å². The average molecular weight is 339 g/mol. The zero-order valence-corrected chi connectivity index (χ0v) is 12.5. The Hall–Kier alpha value is -1.80. The molecule has 128 valence electrons. The molecule has 1 aromatic rings. The van der Waals surface area contributed by atoms with Crippen molar-refractivity contribution in [2.75, 3.05) is 7.05 Å². The van der Waals surface area contributed by atoms with Gasteiger partial charge in [-0.3, -0.25) is 9.67 Å². The van der Waals surface area contributed by atoms with E-state index in [2.05, 4.69) is 10.1 Å². The molecule has 1 aromatic heterocycles. The first-order valence-corrected chi connectivity index (χ1v) is 6.93. The smallest absolute Gasteiger partial charge is 0.284 e. The molecule has 23 heavy (non-hydrogen) atoms. The molecule has 0 aromatic carbocycles. The van der Waals surface area contributed by atoms with Gasteiger partial charge in [0.15, 0.2) is 0 Å². The second-order valence-electron chi connectivity index (χ2n) is 5.32. The minimum absolute atomic E-state index is 0.0880. The van der Waals surface area contributed by atoms with Crippen LogP contribution in [0.15, 0.2) is 17.1 Å². The number of fused-ring (bicyclic) bond motifs is 1. The molecule has 0 aliphatic carbocycles. The number of nitrogens with zero attached hydrogens (tertiary/aromatic N) is 3. The summed E-state index contributed by atoms with van der Waals surface area (Å²) in [4.78, 5) is 3.07. The Labute approximate surface area is 128 Å². The van der Waals surface area contributed by atoms with Gasteiger partial charge in [0.1, 0.15) is 5.71 Å². The first-order chi connectivity index (χ1) is 10.5. The van der Waals surface area contributed by atoms with Crippen LogP contribution < -0.4 is 0 Å². The van der Waals surface area contributed by atoms with E-state index in [1.54, 1.807) is 0 Å². The maximum atomic E-state index is 13.0. The first-order valence-electron chi connectivity index (χ1n) is 6.93. The van der Waals surface area contributed by atoms with Gasteiger partial charge in [-0.1, -0.05) is 0 Å². The lowest BCUT2D eigenvalue weighted by molar-refractivity contribution is -0.153. The van der Waals surface area contributed by atoms with E-state index in [4.69, 9.17) is 0 Å². The number of rotatable bonds is 3. The highest BCUT2D eigenvalue weighted by molar-refractivity contribution is 6.04. The van der Waals surface area contributed by atoms with E-state index >= 15 is 0 Å². The molecular formula is C14H15F6N3. The molecule has 3 nitrogen and oxygen atoms in total. The summed E-state index contributed by atoms with van der Waals surface area (Å²) < 4.78 is 79.2. The lowest BCUT2D eigenvalue weighted by Gasteiger charge is -2.19. The number of halogens is 6. The Balaban J connectivity index is 2.51. The van der Waals surface area contributed by atoms with Crippen molar-refractivity contribution in [3.63, 3.8) is 0 Å². The number of hydrogen-bond donors (Lipinski definition) is 0. The summed E-state index contributed by atoms with van der Waals surface area (Å²) in [5.41, 5.74) is -1.26. The van der Waals surface area contributed by atoms with E-state index in [0.717, 1.165) is 26.1 Å². The molecule has 1 aliphatic rings. The number of aromatic nitrogens is 2. The van der Waals surface area contributed by atoms with E-state index < -0.39 is 29.6 Å². The molecule has 9 heteroatoms. The Bertz CT molecular complexity index is 614. The summed E-state index contributed by atoms with van der Waals surface area (Å²) in [5.74, 6) is -2.09. The molecule has 0 saturated heterocycles. The standard InChI is InChI=1S/C14H15F6N3/c1-8(13(15,16)17)10(7-12(21-2)14(18,19)20)11-6-9-4-3-5-23(9)22-11/h6-8H,3-5H2,1-2H3/b10-7+,21-12?.